The number of carbonyl (C=O) groups is 2. The van der Waals surface area contributed by atoms with E-state index in [2.05, 4.69) is 0 Å². The Bertz CT molecular complexity index is 1140. The molecule has 4 heteroatoms. The van der Waals surface area contributed by atoms with E-state index in [1.54, 1.807) is 31.2 Å². The third-order valence-electron chi connectivity index (χ3n) is 4.70. The first-order valence-corrected chi connectivity index (χ1v) is 9.65. The average Bonchev–Trinajstić information content (AvgIpc) is 3.05. The molecule has 30 heavy (non-hydrogen) atoms. The molecule has 0 unspecified atom stereocenters. The molecule has 148 valence electrons. The summed E-state index contributed by atoms with van der Waals surface area (Å²) in [6.45, 7) is 1.80. The lowest BCUT2D eigenvalue weighted by Gasteiger charge is -2.08. The molecule has 1 aliphatic heterocycles. The van der Waals surface area contributed by atoms with Crippen molar-refractivity contribution in [1.82, 2.24) is 0 Å². The molecule has 0 saturated heterocycles. The van der Waals surface area contributed by atoms with Crippen molar-refractivity contribution < 1.29 is 19.1 Å². The molecule has 0 saturated carbocycles. The van der Waals surface area contributed by atoms with Gasteiger partial charge in [-0.2, -0.15) is 0 Å². The first kappa shape index (κ1) is 19.4. The monoisotopic (exact) mass is 396 g/mol. The molecule has 0 radical (unpaired) electrons. The van der Waals surface area contributed by atoms with Gasteiger partial charge in [0.25, 0.3) is 0 Å². The minimum Gasteiger partial charge on any atom is -0.452 e. The Morgan fingerprint density at radius 3 is 2.43 bits per heavy atom. The second kappa shape index (κ2) is 8.62. The number of esters is 1. The van der Waals surface area contributed by atoms with Gasteiger partial charge in [-0.3, -0.25) is 9.59 Å². The first-order chi connectivity index (χ1) is 14.6. The van der Waals surface area contributed by atoms with Gasteiger partial charge < -0.3 is 9.47 Å². The Balaban J connectivity index is 1.49. The summed E-state index contributed by atoms with van der Waals surface area (Å²) in [7, 11) is 0. The quantitative estimate of drug-likeness (QED) is 0.333. The standard InChI is InChI=1S/C26H20O4/c1-18-15-21(29-24(27)16-20-11-6-3-7-12-20)17-23-25(18)26(28)22(30-23)14-8-13-19-9-4-2-5-10-19/h2-15,17H,16H2,1H3/b13-8+,22-14-. The van der Waals surface area contributed by atoms with E-state index in [-0.39, 0.29) is 23.9 Å². The van der Waals surface area contributed by atoms with Crippen LogP contribution >= 0.6 is 0 Å². The van der Waals surface area contributed by atoms with E-state index in [4.69, 9.17) is 9.47 Å². The number of hydrogen-bond acceptors (Lipinski definition) is 4. The lowest BCUT2D eigenvalue weighted by molar-refractivity contribution is -0.133. The van der Waals surface area contributed by atoms with Gasteiger partial charge in [0.15, 0.2) is 5.76 Å². The average molecular weight is 396 g/mol. The van der Waals surface area contributed by atoms with Crippen molar-refractivity contribution in [2.45, 2.75) is 13.3 Å². The maximum Gasteiger partial charge on any atom is 0.315 e. The van der Waals surface area contributed by atoms with E-state index < -0.39 is 0 Å². The summed E-state index contributed by atoms with van der Waals surface area (Å²) >= 11 is 0. The number of allylic oxidation sites excluding steroid dienone is 3. The number of carbonyl (C=O) groups excluding carboxylic acids is 2. The van der Waals surface area contributed by atoms with E-state index in [1.807, 2.05) is 66.7 Å². The molecule has 0 aromatic heterocycles. The van der Waals surface area contributed by atoms with Crippen LogP contribution in [0.25, 0.3) is 6.08 Å². The summed E-state index contributed by atoms with van der Waals surface area (Å²) in [4.78, 5) is 24.9. The minimum atomic E-state index is -0.369. The predicted molar refractivity (Wildman–Crippen MR) is 115 cm³/mol. The van der Waals surface area contributed by atoms with Gasteiger partial charge in [0, 0.05) is 6.07 Å². The van der Waals surface area contributed by atoms with Crippen LogP contribution < -0.4 is 9.47 Å². The van der Waals surface area contributed by atoms with Crippen LogP contribution in [0.3, 0.4) is 0 Å². The second-order valence-corrected chi connectivity index (χ2v) is 6.98. The molecule has 0 atom stereocenters. The Kier molecular flexibility index (Phi) is 5.57. The van der Waals surface area contributed by atoms with Crippen molar-refractivity contribution in [2.24, 2.45) is 0 Å². The third-order valence-corrected chi connectivity index (χ3v) is 4.70. The number of fused-ring (bicyclic) bond motifs is 1. The zero-order valence-corrected chi connectivity index (χ0v) is 16.5. The van der Waals surface area contributed by atoms with Crippen LogP contribution in [0.2, 0.25) is 0 Å². The van der Waals surface area contributed by atoms with E-state index in [0.717, 1.165) is 11.1 Å². The fourth-order valence-corrected chi connectivity index (χ4v) is 3.29. The van der Waals surface area contributed by atoms with Crippen LogP contribution in [-0.2, 0) is 11.2 Å². The molecule has 0 bridgehead atoms. The van der Waals surface area contributed by atoms with Gasteiger partial charge >= 0.3 is 5.97 Å². The molecule has 3 aromatic carbocycles. The summed E-state index contributed by atoms with van der Waals surface area (Å²) < 4.78 is 11.2. The van der Waals surface area contributed by atoms with E-state index in [1.165, 1.54) is 0 Å². The molecule has 0 amide bonds. The van der Waals surface area contributed by atoms with Crippen LogP contribution in [0.5, 0.6) is 11.5 Å². The number of rotatable bonds is 5. The van der Waals surface area contributed by atoms with Gasteiger partial charge in [0.2, 0.25) is 5.78 Å². The maximum absolute atomic E-state index is 12.7. The third kappa shape index (κ3) is 4.39. The summed E-state index contributed by atoms with van der Waals surface area (Å²) in [5, 5.41) is 0. The number of ether oxygens (including phenoxy) is 2. The summed E-state index contributed by atoms with van der Waals surface area (Å²) in [6, 6.07) is 22.5. The SMILES string of the molecule is Cc1cc(OC(=O)Cc2ccccc2)cc2c1C(=O)/C(=C/C=C/c1ccccc1)O2. The number of aryl methyl sites for hydroxylation is 1. The van der Waals surface area contributed by atoms with Gasteiger partial charge in [0.1, 0.15) is 11.5 Å². The number of Topliss-reactive ketones (excluding diaryl/α,β-unsaturated/α-hetero) is 1. The van der Waals surface area contributed by atoms with Crippen molar-refractivity contribution >= 4 is 17.8 Å². The largest absolute Gasteiger partial charge is 0.452 e. The molecular formula is C26H20O4. The molecule has 0 fully saturated rings. The highest BCUT2D eigenvalue weighted by molar-refractivity contribution is 6.13. The molecule has 4 nitrogen and oxygen atoms in total. The summed E-state index contributed by atoms with van der Waals surface area (Å²) in [6.07, 6.45) is 5.50. The van der Waals surface area contributed by atoms with Gasteiger partial charge in [0.05, 0.1) is 12.0 Å². The summed E-state index contributed by atoms with van der Waals surface area (Å²) in [5.74, 6) is 0.463. The van der Waals surface area contributed by atoms with E-state index >= 15 is 0 Å². The highest BCUT2D eigenvalue weighted by atomic mass is 16.5. The number of hydrogen-bond donors (Lipinski definition) is 0. The Morgan fingerprint density at radius 2 is 1.70 bits per heavy atom. The second-order valence-electron chi connectivity index (χ2n) is 6.98. The van der Waals surface area contributed by atoms with Crippen molar-refractivity contribution in [1.29, 1.82) is 0 Å². The molecule has 4 rings (SSSR count). The molecular weight excluding hydrogens is 376 g/mol. The van der Waals surface area contributed by atoms with Crippen LogP contribution in [0.1, 0.15) is 27.0 Å². The van der Waals surface area contributed by atoms with Crippen molar-refractivity contribution in [3.05, 3.63) is 113 Å². The molecule has 3 aromatic rings. The fourth-order valence-electron chi connectivity index (χ4n) is 3.29. The lowest BCUT2D eigenvalue weighted by atomic mass is 10.0. The maximum atomic E-state index is 12.7. The Morgan fingerprint density at radius 1 is 1.00 bits per heavy atom. The highest BCUT2D eigenvalue weighted by Crippen LogP contribution is 2.37. The van der Waals surface area contributed by atoms with E-state index in [0.29, 0.717) is 22.6 Å². The van der Waals surface area contributed by atoms with Crippen LogP contribution in [-0.4, -0.2) is 11.8 Å². The topological polar surface area (TPSA) is 52.6 Å². The van der Waals surface area contributed by atoms with Crippen LogP contribution in [0, 0.1) is 6.92 Å². The van der Waals surface area contributed by atoms with Gasteiger partial charge in [-0.1, -0.05) is 72.8 Å². The molecule has 1 aliphatic rings. The van der Waals surface area contributed by atoms with Gasteiger partial charge in [-0.05, 0) is 35.8 Å². The molecule has 0 N–H and O–H groups in total. The van der Waals surface area contributed by atoms with Crippen LogP contribution in [0.4, 0.5) is 0 Å². The Hall–Kier alpha value is -3.92. The fraction of sp³-hybridized carbons (Fsp3) is 0.0769. The van der Waals surface area contributed by atoms with Crippen LogP contribution in [0.15, 0.2) is 90.7 Å². The highest BCUT2D eigenvalue weighted by Gasteiger charge is 2.29. The summed E-state index contributed by atoms with van der Waals surface area (Å²) in [5.41, 5.74) is 3.11. The molecule has 1 heterocycles. The Labute approximate surface area is 175 Å². The normalized spacial score (nSPS) is 14.0. The molecule has 0 spiro atoms. The molecule has 0 aliphatic carbocycles. The van der Waals surface area contributed by atoms with Crippen molar-refractivity contribution in [3.8, 4) is 11.5 Å². The first-order valence-electron chi connectivity index (χ1n) is 9.65. The predicted octanol–water partition coefficient (Wildman–Crippen LogP) is 5.32. The van der Waals surface area contributed by atoms with Crippen molar-refractivity contribution in [2.75, 3.05) is 0 Å². The number of benzene rings is 3. The van der Waals surface area contributed by atoms with Gasteiger partial charge in [-0.25, -0.2) is 0 Å². The number of ketones is 1. The lowest BCUT2D eigenvalue weighted by Crippen LogP contribution is -2.11. The minimum absolute atomic E-state index is 0.173. The van der Waals surface area contributed by atoms with E-state index in [9.17, 15) is 9.59 Å². The zero-order chi connectivity index (χ0) is 20.9. The zero-order valence-electron chi connectivity index (χ0n) is 16.5. The van der Waals surface area contributed by atoms with Crippen molar-refractivity contribution in [3.63, 3.8) is 0 Å². The van der Waals surface area contributed by atoms with Gasteiger partial charge in [-0.15, -0.1) is 0 Å². The smallest absolute Gasteiger partial charge is 0.315 e.